The highest BCUT2D eigenvalue weighted by atomic mass is 19.4. The van der Waals surface area contributed by atoms with Crippen LogP contribution in [0.15, 0.2) is 42.5 Å². The second-order valence-corrected chi connectivity index (χ2v) is 11.5. The molecule has 2 bridgehead atoms. The summed E-state index contributed by atoms with van der Waals surface area (Å²) in [5.41, 5.74) is -1.52. The molecule has 0 spiro atoms. The summed E-state index contributed by atoms with van der Waals surface area (Å²) in [6, 6.07) is 4.83. The fourth-order valence-electron chi connectivity index (χ4n) is 7.32. The number of carbonyl (C=O) groups excluding carboxylic acids is 1. The van der Waals surface area contributed by atoms with Gasteiger partial charge in [-0.1, -0.05) is 45.9 Å². The molecule has 1 aromatic carbocycles. The lowest BCUT2D eigenvalue weighted by molar-refractivity contribution is -0.191. The van der Waals surface area contributed by atoms with Crippen LogP contribution < -0.4 is 0 Å². The van der Waals surface area contributed by atoms with Crippen molar-refractivity contribution in [2.24, 2.45) is 34.0 Å². The number of rotatable bonds is 2. The molecule has 6 heteroatoms. The van der Waals surface area contributed by atoms with Crippen molar-refractivity contribution in [2.75, 3.05) is 0 Å². The fraction of sp³-hybridized carbons (Fsp3) is 0.607. The van der Waals surface area contributed by atoms with Crippen LogP contribution in [0.25, 0.3) is 6.08 Å². The zero-order valence-electron chi connectivity index (χ0n) is 20.3. The van der Waals surface area contributed by atoms with Gasteiger partial charge in [-0.25, -0.2) is 0 Å². The zero-order chi connectivity index (χ0) is 25.3. The molecule has 4 rings (SSSR count). The highest BCUT2D eigenvalue weighted by molar-refractivity contribution is 6.04. The maximum atomic E-state index is 14.0. The predicted octanol–water partition coefficient (Wildman–Crippen LogP) is 6.05. The Labute approximate surface area is 199 Å². The number of aliphatic hydroxyl groups is 2. The lowest BCUT2D eigenvalue weighted by Crippen LogP contribution is -2.62. The van der Waals surface area contributed by atoms with E-state index in [9.17, 15) is 28.2 Å². The average Bonchev–Trinajstić information content (AvgIpc) is 3.07. The third-order valence-electron chi connectivity index (χ3n) is 9.85. The first-order chi connectivity index (χ1) is 15.7. The molecule has 0 unspecified atom stereocenters. The van der Waals surface area contributed by atoms with E-state index in [0.717, 1.165) is 25.0 Å². The number of Topliss-reactive ketones (excluding diaryl/α,β-unsaturated/α-hetero) is 1. The van der Waals surface area contributed by atoms with E-state index in [0.29, 0.717) is 24.0 Å². The molecule has 3 fully saturated rings. The largest absolute Gasteiger partial charge is 0.416 e. The fourth-order valence-corrected chi connectivity index (χ4v) is 7.32. The Morgan fingerprint density at radius 1 is 1.12 bits per heavy atom. The highest BCUT2D eigenvalue weighted by Gasteiger charge is 2.68. The monoisotopic (exact) mass is 476 g/mol. The van der Waals surface area contributed by atoms with Gasteiger partial charge in [0.1, 0.15) is 0 Å². The van der Waals surface area contributed by atoms with Gasteiger partial charge in [0.2, 0.25) is 0 Å². The van der Waals surface area contributed by atoms with Gasteiger partial charge in [-0.2, -0.15) is 13.2 Å². The molecular formula is C28H35F3O3. The lowest BCUT2D eigenvalue weighted by atomic mass is 9.44. The third-order valence-corrected chi connectivity index (χ3v) is 9.85. The van der Waals surface area contributed by atoms with Gasteiger partial charge in [-0.05, 0) is 72.3 Å². The van der Waals surface area contributed by atoms with Gasteiger partial charge in [-0.15, -0.1) is 6.58 Å². The van der Waals surface area contributed by atoms with Gasteiger partial charge < -0.3 is 10.2 Å². The summed E-state index contributed by atoms with van der Waals surface area (Å²) >= 11 is 0. The van der Waals surface area contributed by atoms with Crippen molar-refractivity contribution in [3.8, 4) is 0 Å². The number of allylic oxidation sites excluding steroid dienone is 1. The molecule has 1 aromatic rings. The van der Waals surface area contributed by atoms with Gasteiger partial charge in [0.15, 0.2) is 5.78 Å². The van der Waals surface area contributed by atoms with Crippen molar-refractivity contribution in [1.29, 1.82) is 0 Å². The van der Waals surface area contributed by atoms with Crippen LogP contribution in [0.3, 0.4) is 0 Å². The van der Waals surface area contributed by atoms with E-state index in [1.165, 1.54) is 12.1 Å². The number of halogens is 3. The van der Waals surface area contributed by atoms with E-state index in [1.54, 1.807) is 12.2 Å². The van der Waals surface area contributed by atoms with Crippen LogP contribution in [-0.4, -0.2) is 28.2 Å². The minimum atomic E-state index is -4.42. The Bertz CT molecular complexity index is 1010. The molecule has 3 saturated carbocycles. The molecule has 0 aliphatic heterocycles. The molecule has 3 aliphatic carbocycles. The van der Waals surface area contributed by atoms with E-state index in [4.69, 9.17) is 0 Å². The van der Waals surface area contributed by atoms with E-state index in [1.807, 2.05) is 20.8 Å². The van der Waals surface area contributed by atoms with Gasteiger partial charge in [0, 0.05) is 16.7 Å². The Hall–Kier alpha value is -1.92. The molecule has 186 valence electrons. The molecule has 0 saturated heterocycles. The molecule has 0 radical (unpaired) electrons. The Kier molecular flexibility index (Phi) is 5.97. The normalized spacial score (nSPS) is 43.9. The molecule has 0 amide bonds. The van der Waals surface area contributed by atoms with Crippen LogP contribution in [-0.2, 0) is 11.0 Å². The summed E-state index contributed by atoms with van der Waals surface area (Å²) in [6.45, 7) is 12.0. The molecule has 34 heavy (non-hydrogen) atoms. The van der Waals surface area contributed by atoms with Crippen LogP contribution >= 0.6 is 0 Å². The average molecular weight is 477 g/mol. The lowest BCUT2D eigenvalue weighted by Gasteiger charge is -2.61. The van der Waals surface area contributed by atoms with Crippen molar-refractivity contribution >= 4 is 11.9 Å². The number of ketones is 1. The van der Waals surface area contributed by atoms with Crippen LogP contribution in [0.2, 0.25) is 0 Å². The summed E-state index contributed by atoms with van der Waals surface area (Å²) in [7, 11) is 0. The highest BCUT2D eigenvalue weighted by Crippen LogP contribution is 2.68. The van der Waals surface area contributed by atoms with Gasteiger partial charge >= 0.3 is 6.18 Å². The minimum Gasteiger partial charge on any atom is -0.392 e. The molecule has 0 aromatic heterocycles. The van der Waals surface area contributed by atoms with Crippen LogP contribution in [0.5, 0.6) is 0 Å². The van der Waals surface area contributed by atoms with Crippen molar-refractivity contribution < 1.29 is 28.2 Å². The molecule has 3 nitrogen and oxygen atoms in total. The van der Waals surface area contributed by atoms with Crippen LogP contribution in [0.1, 0.15) is 64.5 Å². The van der Waals surface area contributed by atoms with E-state index >= 15 is 0 Å². The Morgan fingerprint density at radius 2 is 1.74 bits per heavy atom. The minimum absolute atomic E-state index is 0.0470. The number of hydrogen-bond donors (Lipinski definition) is 2. The predicted molar refractivity (Wildman–Crippen MR) is 126 cm³/mol. The first-order valence-corrected chi connectivity index (χ1v) is 12.1. The molecule has 3 aliphatic rings. The SMILES string of the molecule is C=C[C@]1(C)C[C@@H](O)[C@]2(C)[C@H](C)CC[C@]3(C/C(=C\c4ccc(C(F)(F)F)cc4)C(=O)[C@H]32)[C@@H](C)[C@@H]1O. The zero-order valence-corrected chi connectivity index (χ0v) is 20.3. The summed E-state index contributed by atoms with van der Waals surface area (Å²) in [6.07, 6.45) is -0.211. The van der Waals surface area contributed by atoms with Gasteiger partial charge in [0.05, 0.1) is 17.8 Å². The first kappa shape index (κ1) is 25.2. The Balaban J connectivity index is 1.83. The molecule has 8 atom stereocenters. The summed E-state index contributed by atoms with van der Waals surface area (Å²) in [4.78, 5) is 14.0. The summed E-state index contributed by atoms with van der Waals surface area (Å²) in [5.74, 6) is -0.624. The molecule has 0 heterocycles. The third kappa shape index (κ3) is 3.51. The number of alkyl halides is 3. The number of aliphatic hydroxyl groups excluding tert-OH is 2. The molecular weight excluding hydrogens is 441 g/mol. The van der Waals surface area contributed by atoms with Gasteiger partial charge in [0.25, 0.3) is 0 Å². The van der Waals surface area contributed by atoms with Crippen molar-refractivity contribution in [1.82, 2.24) is 0 Å². The summed E-state index contributed by atoms with van der Waals surface area (Å²) in [5, 5.41) is 23.0. The van der Waals surface area contributed by atoms with E-state index in [-0.39, 0.29) is 17.6 Å². The summed E-state index contributed by atoms with van der Waals surface area (Å²) < 4.78 is 38.9. The quantitative estimate of drug-likeness (QED) is 0.403. The standard InChI is InChI=1S/C28H35F3O3/c1-6-25(4)15-21(32)26(5)16(2)11-12-27(17(3)24(25)34)14-19(22(33)23(26)27)13-18-7-9-20(10-8-18)28(29,30)31/h6-10,13,16-17,21,23-24,32,34H,1,11-12,14-15H2,2-5H3/b19-13+/t16-,17+,21-,23+,24+,25-,26+,27+/m1/s1. The van der Waals surface area contributed by atoms with Crippen LogP contribution in [0.4, 0.5) is 13.2 Å². The van der Waals surface area contributed by atoms with Crippen LogP contribution in [0, 0.1) is 34.0 Å². The topological polar surface area (TPSA) is 57.5 Å². The maximum Gasteiger partial charge on any atom is 0.416 e. The first-order valence-electron chi connectivity index (χ1n) is 12.1. The smallest absolute Gasteiger partial charge is 0.392 e. The second-order valence-electron chi connectivity index (χ2n) is 11.5. The number of benzene rings is 1. The van der Waals surface area contributed by atoms with Crippen molar-refractivity contribution in [2.45, 2.75) is 71.8 Å². The second kappa shape index (κ2) is 8.06. The molecule has 2 N–H and O–H groups in total. The maximum absolute atomic E-state index is 14.0. The van der Waals surface area contributed by atoms with Crippen molar-refractivity contribution in [3.63, 3.8) is 0 Å². The Morgan fingerprint density at radius 3 is 2.29 bits per heavy atom. The van der Waals surface area contributed by atoms with E-state index in [2.05, 4.69) is 13.5 Å². The van der Waals surface area contributed by atoms with E-state index < -0.39 is 46.1 Å². The number of hydrogen-bond acceptors (Lipinski definition) is 3. The van der Waals surface area contributed by atoms with Gasteiger partial charge in [-0.3, -0.25) is 4.79 Å². The van der Waals surface area contributed by atoms with Crippen molar-refractivity contribution in [3.05, 3.63) is 53.6 Å². The number of carbonyl (C=O) groups is 1.